The van der Waals surface area contributed by atoms with E-state index in [4.69, 9.17) is 23.2 Å². The number of rotatable bonds is 7. The summed E-state index contributed by atoms with van der Waals surface area (Å²) in [4.78, 5) is 23.3. The van der Waals surface area contributed by atoms with E-state index in [-0.39, 0.29) is 24.7 Å². The number of amides is 2. The highest BCUT2D eigenvalue weighted by atomic mass is 35.5. The maximum atomic E-state index is 11.7. The Morgan fingerprint density at radius 3 is 1.62 bits per heavy atom. The topological polar surface area (TPSA) is 82.9 Å². The number of benzene rings is 2. The Morgan fingerprint density at radius 1 is 0.808 bits per heavy atom. The maximum absolute atomic E-state index is 11.7. The Kier molecular flexibility index (Phi) is 7.79. The fraction of sp³-hybridized carbons (Fsp3) is 0.111. The van der Waals surface area contributed by atoms with Crippen LogP contribution in [0.25, 0.3) is 0 Å². The molecule has 2 aromatic carbocycles. The molecule has 0 saturated heterocycles. The number of nitrogens with one attached hydrogen (secondary N) is 2. The molecule has 8 heteroatoms. The van der Waals surface area contributed by atoms with Crippen LogP contribution in [-0.4, -0.2) is 24.2 Å². The van der Waals surface area contributed by atoms with Gasteiger partial charge in [0.2, 0.25) is 11.8 Å². The van der Waals surface area contributed by atoms with Gasteiger partial charge in [-0.25, -0.2) is 10.9 Å². The van der Waals surface area contributed by atoms with E-state index in [0.29, 0.717) is 10.0 Å². The van der Waals surface area contributed by atoms with Crippen molar-refractivity contribution in [2.75, 3.05) is 0 Å². The van der Waals surface area contributed by atoms with Gasteiger partial charge < -0.3 is 0 Å². The molecule has 0 spiro atoms. The molecule has 6 nitrogen and oxygen atoms in total. The summed E-state index contributed by atoms with van der Waals surface area (Å²) in [5.74, 6) is -0.755. The molecule has 0 atom stereocenters. The van der Waals surface area contributed by atoms with E-state index in [1.165, 1.54) is 12.4 Å². The summed E-state index contributed by atoms with van der Waals surface area (Å²) >= 11 is 11.7. The summed E-state index contributed by atoms with van der Waals surface area (Å²) in [5.41, 5.74) is 6.21. The fourth-order valence-electron chi connectivity index (χ4n) is 1.87. The minimum absolute atomic E-state index is 0.00853. The lowest BCUT2D eigenvalue weighted by Crippen LogP contribution is -2.22. The molecule has 0 aliphatic heterocycles. The lowest BCUT2D eigenvalue weighted by atomic mass is 10.2. The normalized spacial score (nSPS) is 11.0. The number of hydrogen-bond acceptors (Lipinski definition) is 4. The Balaban J connectivity index is 1.69. The molecule has 0 saturated carbocycles. The molecule has 2 aromatic rings. The maximum Gasteiger partial charge on any atom is 0.240 e. The van der Waals surface area contributed by atoms with Crippen molar-refractivity contribution in [2.24, 2.45) is 10.2 Å². The molecular weight excluding hydrogens is 375 g/mol. The number of halogens is 2. The van der Waals surface area contributed by atoms with E-state index in [1.807, 2.05) is 0 Å². The Morgan fingerprint density at radius 2 is 1.23 bits per heavy atom. The largest absolute Gasteiger partial charge is 0.273 e. The van der Waals surface area contributed by atoms with Crippen LogP contribution in [0.15, 0.2) is 58.7 Å². The second kappa shape index (κ2) is 10.3. The van der Waals surface area contributed by atoms with Gasteiger partial charge in [-0.15, -0.1) is 0 Å². The van der Waals surface area contributed by atoms with Crippen molar-refractivity contribution in [3.8, 4) is 0 Å². The monoisotopic (exact) mass is 390 g/mol. The van der Waals surface area contributed by atoms with E-state index < -0.39 is 0 Å². The van der Waals surface area contributed by atoms with Crippen molar-refractivity contribution in [1.29, 1.82) is 0 Å². The number of carbonyl (C=O) groups excluding carboxylic acids is 2. The molecule has 2 rings (SSSR count). The number of hydrazone groups is 2. The standard InChI is InChI=1S/C18H16Cl2N4O2/c19-15-5-1-3-13(9-15)11-21-23-17(25)7-8-18(26)24-22-12-14-4-2-6-16(20)10-14/h1-6,9-12H,7-8H2,(H,23,25)(H,24,26)/b21-11-,22-12-. The van der Waals surface area contributed by atoms with Gasteiger partial charge in [0.15, 0.2) is 0 Å². The number of hydrogen-bond donors (Lipinski definition) is 2. The van der Waals surface area contributed by atoms with Gasteiger partial charge in [-0.3, -0.25) is 9.59 Å². The van der Waals surface area contributed by atoms with Crippen molar-refractivity contribution in [2.45, 2.75) is 12.8 Å². The number of carbonyl (C=O) groups is 2. The second-order valence-corrected chi connectivity index (χ2v) is 6.07. The smallest absolute Gasteiger partial charge is 0.240 e. The molecule has 2 N–H and O–H groups in total. The van der Waals surface area contributed by atoms with E-state index in [0.717, 1.165) is 11.1 Å². The van der Waals surface area contributed by atoms with Gasteiger partial charge in [-0.2, -0.15) is 10.2 Å². The first-order chi connectivity index (χ1) is 12.5. The van der Waals surface area contributed by atoms with Crippen LogP contribution in [-0.2, 0) is 9.59 Å². The highest BCUT2D eigenvalue weighted by Crippen LogP contribution is 2.09. The summed E-state index contributed by atoms with van der Waals surface area (Å²) in [6.45, 7) is 0. The molecule has 0 unspecified atom stereocenters. The third-order valence-corrected chi connectivity index (χ3v) is 3.55. The highest BCUT2D eigenvalue weighted by molar-refractivity contribution is 6.31. The molecule has 26 heavy (non-hydrogen) atoms. The van der Waals surface area contributed by atoms with Crippen LogP contribution < -0.4 is 10.9 Å². The highest BCUT2D eigenvalue weighted by Gasteiger charge is 2.05. The van der Waals surface area contributed by atoms with Gasteiger partial charge in [-0.05, 0) is 35.4 Å². The molecule has 0 radical (unpaired) electrons. The molecule has 0 fully saturated rings. The van der Waals surface area contributed by atoms with Gasteiger partial charge in [0.25, 0.3) is 0 Å². The second-order valence-electron chi connectivity index (χ2n) is 5.20. The van der Waals surface area contributed by atoms with Crippen LogP contribution in [0.2, 0.25) is 10.0 Å². The lowest BCUT2D eigenvalue weighted by molar-refractivity contribution is -0.126. The van der Waals surface area contributed by atoms with Crippen molar-refractivity contribution in [3.63, 3.8) is 0 Å². The summed E-state index contributed by atoms with van der Waals surface area (Å²) in [5, 5.41) is 8.79. The molecule has 0 aromatic heterocycles. The summed E-state index contributed by atoms with van der Waals surface area (Å²) < 4.78 is 0. The molecule has 0 heterocycles. The summed E-state index contributed by atoms with van der Waals surface area (Å²) in [6.07, 6.45) is 2.93. The van der Waals surface area contributed by atoms with Gasteiger partial charge in [-0.1, -0.05) is 47.5 Å². The zero-order valence-corrected chi connectivity index (χ0v) is 15.2. The van der Waals surface area contributed by atoms with Crippen LogP contribution in [0.4, 0.5) is 0 Å². The Hall–Kier alpha value is -2.70. The van der Waals surface area contributed by atoms with Crippen LogP contribution in [0.1, 0.15) is 24.0 Å². The van der Waals surface area contributed by atoms with Crippen LogP contribution in [0.3, 0.4) is 0 Å². The minimum atomic E-state index is -0.378. The summed E-state index contributed by atoms with van der Waals surface area (Å²) in [7, 11) is 0. The molecule has 0 aliphatic rings. The van der Waals surface area contributed by atoms with Crippen molar-refractivity contribution < 1.29 is 9.59 Å². The molecule has 0 bridgehead atoms. The van der Waals surface area contributed by atoms with Gasteiger partial charge in [0.1, 0.15) is 0 Å². The van der Waals surface area contributed by atoms with E-state index in [1.54, 1.807) is 48.5 Å². The first-order valence-corrected chi connectivity index (χ1v) is 8.43. The van der Waals surface area contributed by atoms with E-state index >= 15 is 0 Å². The SMILES string of the molecule is O=C(CCC(=O)N/N=C\c1cccc(Cl)c1)N/N=C\c1cccc(Cl)c1. The Bertz CT molecular complexity index is 768. The van der Waals surface area contributed by atoms with Gasteiger partial charge in [0, 0.05) is 22.9 Å². The molecular formula is C18H16Cl2N4O2. The first kappa shape index (κ1) is 19.6. The van der Waals surface area contributed by atoms with Crippen molar-refractivity contribution in [1.82, 2.24) is 10.9 Å². The predicted octanol–water partition coefficient (Wildman–Crippen LogP) is 3.37. The van der Waals surface area contributed by atoms with Gasteiger partial charge >= 0.3 is 0 Å². The van der Waals surface area contributed by atoms with Crippen LogP contribution in [0.5, 0.6) is 0 Å². The van der Waals surface area contributed by atoms with Crippen molar-refractivity contribution >= 4 is 47.4 Å². The molecule has 134 valence electrons. The van der Waals surface area contributed by atoms with Crippen molar-refractivity contribution in [3.05, 3.63) is 69.7 Å². The van der Waals surface area contributed by atoms with Gasteiger partial charge in [0.05, 0.1) is 12.4 Å². The zero-order chi connectivity index (χ0) is 18.8. The number of nitrogens with zero attached hydrogens (tertiary/aromatic N) is 2. The summed E-state index contributed by atoms with van der Waals surface area (Å²) in [6, 6.07) is 14.1. The van der Waals surface area contributed by atoms with E-state index in [9.17, 15) is 9.59 Å². The third kappa shape index (κ3) is 7.46. The van der Waals surface area contributed by atoms with Crippen LogP contribution in [0, 0.1) is 0 Å². The lowest BCUT2D eigenvalue weighted by Gasteiger charge is -2.00. The quantitative estimate of drug-likeness (QED) is 0.560. The van der Waals surface area contributed by atoms with Crippen LogP contribution >= 0.6 is 23.2 Å². The third-order valence-electron chi connectivity index (χ3n) is 3.08. The fourth-order valence-corrected chi connectivity index (χ4v) is 2.27. The predicted molar refractivity (Wildman–Crippen MR) is 104 cm³/mol. The Labute approximate surface area is 160 Å². The molecule has 2 amide bonds. The average molecular weight is 391 g/mol. The van der Waals surface area contributed by atoms with E-state index in [2.05, 4.69) is 21.1 Å². The zero-order valence-electron chi connectivity index (χ0n) is 13.7. The average Bonchev–Trinajstić information content (AvgIpc) is 2.60. The minimum Gasteiger partial charge on any atom is -0.273 e. The molecule has 0 aliphatic carbocycles. The first-order valence-electron chi connectivity index (χ1n) is 7.68.